The van der Waals surface area contributed by atoms with E-state index in [1.54, 1.807) is 6.20 Å². The van der Waals surface area contributed by atoms with E-state index in [1.165, 1.54) is 7.11 Å². The molecule has 2 aromatic heterocycles. The molecule has 1 fully saturated rings. The third-order valence-electron chi connectivity index (χ3n) is 4.89. The number of ether oxygens (including phenoxy) is 2. The molecule has 30 heavy (non-hydrogen) atoms. The number of rotatable bonds is 4. The van der Waals surface area contributed by atoms with Crippen LogP contribution in [0, 0.1) is 0 Å². The molecule has 1 amide bonds. The Hall–Kier alpha value is -2.42. The third-order valence-corrected chi connectivity index (χ3v) is 5.49. The van der Waals surface area contributed by atoms with Gasteiger partial charge in [0.25, 0.3) is 0 Å². The number of methoxy groups -OCH3 is 1. The summed E-state index contributed by atoms with van der Waals surface area (Å²) in [5.41, 5.74) is 0.915. The number of hydrogen-bond donors (Lipinski definition) is 2. The first-order valence-electron chi connectivity index (χ1n) is 9.96. The second-order valence-corrected chi connectivity index (χ2v) is 9.11. The summed E-state index contributed by atoms with van der Waals surface area (Å²) in [6.45, 7) is 5.53. The van der Waals surface area contributed by atoms with Crippen LogP contribution in [0.5, 0.6) is 0 Å². The molecule has 0 atom stereocenters. The summed E-state index contributed by atoms with van der Waals surface area (Å²) in [4.78, 5) is 33.2. The minimum absolute atomic E-state index is 0.0656. The van der Waals surface area contributed by atoms with Crippen molar-refractivity contribution in [3.05, 3.63) is 28.6 Å². The van der Waals surface area contributed by atoms with Crippen LogP contribution in [0.25, 0.3) is 10.9 Å². The molecule has 2 heterocycles. The van der Waals surface area contributed by atoms with Crippen LogP contribution in [0.3, 0.4) is 0 Å². The van der Waals surface area contributed by atoms with Crippen LogP contribution in [0.1, 0.15) is 56.9 Å². The van der Waals surface area contributed by atoms with Crippen molar-refractivity contribution in [2.45, 2.75) is 64.1 Å². The number of alkyl carbamates (subject to hydrolysis) is 1. The van der Waals surface area contributed by atoms with Gasteiger partial charge in [0.05, 0.1) is 18.3 Å². The van der Waals surface area contributed by atoms with Gasteiger partial charge >= 0.3 is 12.1 Å². The minimum Gasteiger partial charge on any atom is -0.464 e. The number of nitrogens with one attached hydrogen (secondary N) is 2. The number of esters is 1. The number of pyridine rings is 2. The van der Waals surface area contributed by atoms with Crippen LogP contribution in [-0.2, 0) is 9.47 Å². The van der Waals surface area contributed by atoms with E-state index in [0.717, 1.165) is 31.1 Å². The second kappa shape index (κ2) is 9.16. The number of anilines is 1. The quantitative estimate of drug-likeness (QED) is 0.494. The normalized spacial score (nSPS) is 19.2. The summed E-state index contributed by atoms with van der Waals surface area (Å²) >= 11 is 3.42. The molecule has 0 spiro atoms. The lowest BCUT2D eigenvalue weighted by molar-refractivity contribution is 0.0490. The Kier molecular flexibility index (Phi) is 6.80. The minimum atomic E-state index is -0.522. The highest BCUT2D eigenvalue weighted by atomic mass is 79.9. The molecule has 0 saturated heterocycles. The fourth-order valence-electron chi connectivity index (χ4n) is 3.54. The highest BCUT2D eigenvalue weighted by Crippen LogP contribution is 2.32. The second-order valence-electron chi connectivity index (χ2n) is 8.36. The van der Waals surface area contributed by atoms with E-state index < -0.39 is 11.6 Å². The molecule has 0 aromatic carbocycles. The molecular formula is C21H27BrN4O4. The molecule has 2 N–H and O–H groups in total. The van der Waals surface area contributed by atoms with Gasteiger partial charge in [-0.1, -0.05) is 0 Å². The molecular weight excluding hydrogens is 452 g/mol. The maximum absolute atomic E-state index is 12.3. The zero-order chi connectivity index (χ0) is 21.9. The Morgan fingerprint density at radius 2 is 1.83 bits per heavy atom. The van der Waals surface area contributed by atoms with Gasteiger partial charge in [-0.15, -0.1) is 0 Å². The van der Waals surface area contributed by atoms with Gasteiger partial charge in [0.2, 0.25) is 0 Å². The molecule has 0 unspecified atom stereocenters. The van der Waals surface area contributed by atoms with Crippen molar-refractivity contribution in [3.63, 3.8) is 0 Å². The zero-order valence-corrected chi connectivity index (χ0v) is 19.2. The number of carbonyl (C=O) groups excluding carboxylic acids is 2. The number of fused-ring (bicyclic) bond motifs is 1. The molecule has 1 saturated carbocycles. The average molecular weight is 479 g/mol. The molecule has 2 aromatic rings. The van der Waals surface area contributed by atoms with Gasteiger partial charge in [0, 0.05) is 23.7 Å². The number of halogens is 1. The molecule has 8 nitrogen and oxygen atoms in total. The van der Waals surface area contributed by atoms with Crippen LogP contribution in [-0.4, -0.2) is 46.8 Å². The fraction of sp³-hybridized carbons (Fsp3) is 0.524. The lowest BCUT2D eigenvalue weighted by Crippen LogP contribution is -2.42. The predicted octanol–water partition coefficient (Wildman–Crippen LogP) is 4.43. The summed E-state index contributed by atoms with van der Waals surface area (Å²) < 4.78 is 10.8. The van der Waals surface area contributed by atoms with Gasteiger partial charge in [0.15, 0.2) is 5.69 Å². The molecule has 9 heteroatoms. The number of hydrogen-bond acceptors (Lipinski definition) is 7. The van der Waals surface area contributed by atoms with E-state index in [-0.39, 0.29) is 23.9 Å². The summed E-state index contributed by atoms with van der Waals surface area (Å²) in [5.74, 6) is -0.522. The first-order chi connectivity index (χ1) is 14.2. The monoisotopic (exact) mass is 478 g/mol. The lowest BCUT2D eigenvalue weighted by Gasteiger charge is -2.31. The standard InChI is InChI=1S/C21H27BrN4O4/c1-21(2,3)30-20(28)25-13-9-7-12(8-10-13)24-16-15-14(6-5-11-23-15)18(22)26-17(16)19(27)29-4/h5-6,11-13,24H,7-10H2,1-4H3,(H,25,28). The summed E-state index contributed by atoms with van der Waals surface area (Å²) in [5, 5.41) is 7.21. The summed E-state index contributed by atoms with van der Waals surface area (Å²) in [6.07, 6.45) is 4.55. The Bertz CT molecular complexity index is 936. The number of nitrogens with zero attached hydrogens (tertiary/aromatic N) is 2. The van der Waals surface area contributed by atoms with Crippen LogP contribution in [0.2, 0.25) is 0 Å². The van der Waals surface area contributed by atoms with E-state index in [2.05, 4.69) is 36.5 Å². The molecule has 1 aliphatic rings. The van der Waals surface area contributed by atoms with E-state index in [9.17, 15) is 9.59 Å². The lowest BCUT2D eigenvalue weighted by atomic mass is 9.91. The first-order valence-corrected chi connectivity index (χ1v) is 10.8. The predicted molar refractivity (Wildman–Crippen MR) is 118 cm³/mol. The van der Waals surface area contributed by atoms with Crippen molar-refractivity contribution in [3.8, 4) is 0 Å². The van der Waals surface area contributed by atoms with E-state index in [0.29, 0.717) is 15.8 Å². The average Bonchev–Trinajstić information content (AvgIpc) is 2.69. The van der Waals surface area contributed by atoms with E-state index >= 15 is 0 Å². The topological polar surface area (TPSA) is 102 Å². The molecule has 0 aliphatic heterocycles. The Labute approximate surface area is 184 Å². The third kappa shape index (κ3) is 5.38. The van der Waals surface area contributed by atoms with Gasteiger partial charge in [-0.05, 0) is 74.5 Å². The highest BCUT2D eigenvalue weighted by molar-refractivity contribution is 9.10. The maximum Gasteiger partial charge on any atom is 0.407 e. The smallest absolute Gasteiger partial charge is 0.407 e. The number of aromatic nitrogens is 2. The van der Waals surface area contributed by atoms with Crippen molar-refractivity contribution in [1.29, 1.82) is 0 Å². The summed E-state index contributed by atoms with van der Waals surface area (Å²) in [6, 6.07) is 3.91. The van der Waals surface area contributed by atoms with Gasteiger partial charge in [-0.25, -0.2) is 14.6 Å². The van der Waals surface area contributed by atoms with Gasteiger partial charge in [-0.2, -0.15) is 0 Å². The van der Waals surface area contributed by atoms with Crippen molar-refractivity contribution in [2.24, 2.45) is 0 Å². The van der Waals surface area contributed by atoms with E-state index in [4.69, 9.17) is 9.47 Å². The van der Waals surface area contributed by atoms with Gasteiger partial charge < -0.3 is 20.1 Å². The molecule has 0 bridgehead atoms. The zero-order valence-electron chi connectivity index (χ0n) is 17.6. The maximum atomic E-state index is 12.3. The molecule has 3 rings (SSSR count). The van der Waals surface area contributed by atoms with Crippen LogP contribution >= 0.6 is 15.9 Å². The molecule has 1 aliphatic carbocycles. The van der Waals surface area contributed by atoms with Crippen molar-refractivity contribution in [2.75, 3.05) is 12.4 Å². The van der Waals surface area contributed by atoms with Crippen molar-refractivity contribution in [1.82, 2.24) is 15.3 Å². The largest absolute Gasteiger partial charge is 0.464 e. The van der Waals surface area contributed by atoms with Crippen molar-refractivity contribution >= 4 is 44.6 Å². The van der Waals surface area contributed by atoms with Crippen LogP contribution < -0.4 is 10.6 Å². The number of carbonyl (C=O) groups is 2. The Balaban J connectivity index is 1.72. The van der Waals surface area contributed by atoms with Gasteiger partial charge in [0.1, 0.15) is 10.2 Å². The van der Waals surface area contributed by atoms with E-state index in [1.807, 2.05) is 32.9 Å². The number of amides is 1. The van der Waals surface area contributed by atoms with Crippen molar-refractivity contribution < 1.29 is 19.1 Å². The van der Waals surface area contributed by atoms with Gasteiger partial charge in [-0.3, -0.25) is 4.98 Å². The first kappa shape index (κ1) is 22.3. The van der Waals surface area contributed by atoms with Crippen LogP contribution in [0.4, 0.5) is 10.5 Å². The fourth-order valence-corrected chi connectivity index (χ4v) is 4.04. The SMILES string of the molecule is COC(=O)c1nc(Br)c2cccnc2c1NC1CCC(NC(=O)OC(C)(C)C)CC1. The van der Waals surface area contributed by atoms with Crippen LogP contribution in [0.15, 0.2) is 22.9 Å². The molecule has 0 radical (unpaired) electrons. The Morgan fingerprint density at radius 3 is 2.47 bits per heavy atom. The Morgan fingerprint density at radius 1 is 1.17 bits per heavy atom. The summed E-state index contributed by atoms with van der Waals surface area (Å²) in [7, 11) is 1.33. The highest BCUT2D eigenvalue weighted by Gasteiger charge is 2.27. The molecule has 162 valence electrons.